The summed E-state index contributed by atoms with van der Waals surface area (Å²) in [5.41, 5.74) is 4.06. The highest BCUT2D eigenvalue weighted by Crippen LogP contribution is 2.25. The van der Waals surface area contributed by atoms with Crippen LogP contribution in [0.25, 0.3) is 11.4 Å². The van der Waals surface area contributed by atoms with E-state index in [2.05, 4.69) is 51.7 Å². The molecule has 6 nitrogen and oxygen atoms in total. The second kappa shape index (κ2) is 7.94. The third-order valence-electron chi connectivity index (χ3n) is 5.26. The summed E-state index contributed by atoms with van der Waals surface area (Å²) in [4.78, 5) is 19.5. The van der Waals surface area contributed by atoms with Gasteiger partial charge in [-0.1, -0.05) is 43.3 Å². The van der Waals surface area contributed by atoms with Gasteiger partial charge in [-0.3, -0.25) is 9.89 Å². The number of carbonyl (C=O) groups excluding carboxylic acids is 1. The molecule has 1 fully saturated rings. The zero-order chi connectivity index (χ0) is 19.5. The summed E-state index contributed by atoms with van der Waals surface area (Å²) in [7, 11) is 0. The fourth-order valence-corrected chi connectivity index (χ4v) is 3.62. The monoisotopic (exact) mass is 375 g/mol. The Bertz CT molecular complexity index is 946. The number of piperazine rings is 1. The van der Waals surface area contributed by atoms with Gasteiger partial charge in [0.05, 0.1) is 6.04 Å². The van der Waals surface area contributed by atoms with Gasteiger partial charge in [-0.15, -0.1) is 0 Å². The van der Waals surface area contributed by atoms with E-state index < -0.39 is 0 Å². The average molecular weight is 375 g/mol. The Labute approximate surface area is 165 Å². The van der Waals surface area contributed by atoms with E-state index in [1.165, 1.54) is 11.1 Å². The summed E-state index contributed by atoms with van der Waals surface area (Å²) in [5, 5.41) is 10.4. The highest BCUT2D eigenvalue weighted by molar-refractivity contribution is 5.95. The van der Waals surface area contributed by atoms with E-state index in [1.54, 1.807) is 0 Å². The largest absolute Gasteiger partial charge is 0.329 e. The smallest absolute Gasteiger partial charge is 0.254 e. The van der Waals surface area contributed by atoms with E-state index in [9.17, 15) is 4.79 Å². The fraction of sp³-hybridized carbons (Fsp3) is 0.318. The van der Waals surface area contributed by atoms with Crippen molar-refractivity contribution in [2.45, 2.75) is 26.3 Å². The molecule has 3 aromatic rings. The van der Waals surface area contributed by atoms with E-state index in [0.717, 1.165) is 30.9 Å². The maximum absolute atomic E-state index is 13.2. The normalized spacial score (nSPS) is 16.9. The standard InChI is InChI=1S/C22H25N5O/c1-3-16-4-6-17(7-5-16)20-14-23-12-13-27(20)22(28)19-10-8-18(9-11-19)21-24-15(2)25-26-21/h4-11,20,23H,3,12-14H2,1-2H3,(H,24,25,26). The molecule has 1 saturated heterocycles. The maximum Gasteiger partial charge on any atom is 0.254 e. The molecule has 2 aromatic carbocycles. The molecular formula is C22H25N5O. The number of nitrogens with zero attached hydrogens (tertiary/aromatic N) is 3. The first-order chi connectivity index (χ1) is 13.7. The van der Waals surface area contributed by atoms with Crippen molar-refractivity contribution in [1.82, 2.24) is 25.4 Å². The van der Waals surface area contributed by atoms with Crippen molar-refractivity contribution in [3.8, 4) is 11.4 Å². The predicted octanol–water partition coefficient (Wildman–Crippen LogP) is 3.13. The van der Waals surface area contributed by atoms with Gasteiger partial charge in [-0.2, -0.15) is 5.10 Å². The Morgan fingerprint density at radius 1 is 1.14 bits per heavy atom. The van der Waals surface area contributed by atoms with Gasteiger partial charge in [-0.25, -0.2) is 4.98 Å². The first-order valence-corrected chi connectivity index (χ1v) is 9.75. The highest BCUT2D eigenvalue weighted by atomic mass is 16.2. The van der Waals surface area contributed by atoms with Gasteiger partial charge in [0, 0.05) is 30.8 Å². The predicted molar refractivity (Wildman–Crippen MR) is 109 cm³/mol. The molecule has 144 valence electrons. The van der Waals surface area contributed by atoms with Crippen LogP contribution < -0.4 is 5.32 Å². The van der Waals surface area contributed by atoms with E-state index in [1.807, 2.05) is 36.1 Å². The van der Waals surface area contributed by atoms with Crippen LogP contribution in [0.2, 0.25) is 0 Å². The third kappa shape index (κ3) is 3.68. The van der Waals surface area contributed by atoms with Gasteiger partial charge >= 0.3 is 0 Å². The Hall–Kier alpha value is -2.99. The third-order valence-corrected chi connectivity index (χ3v) is 5.26. The molecule has 1 amide bonds. The lowest BCUT2D eigenvalue weighted by molar-refractivity contribution is 0.0634. The van der Waals surface area contributed by atoms with Crippen LogP contribution in [-0.2, 0) is 6.42 Å². The van der Waals surface area contributed by atoms with Crippen molar-refractivity contribution in [3.63, 3.8) is 0 Å². The van der Waals surface area contributed by atoms with Crippen molar-refractivity contribution in [3.05, 3.63) is 71.0 Å². The molecule has 4 rings (SSSR count). The number of carbonyl (C=O) groups is 1. The summed E-state index contributed by atoms with van der Waals surface area (Å²) in [6.45, 7) is 6.29. The summed E-state index contributed by atoms with van der Waals surface area (Å²) < 4.78 is 0. The Balaban J connectivity index is 1.56. The number of hydrogen-bond donors (Lipinski definition) is 2. The molecule has 1 atom stereocenters. The molecule has 1 aliphatic rings. The lowest BCUT2D eigenvalue weighted by Gasteiger charge is -2.36. The van der Waals surface area contributed by atoms with Crippen LogP contribution in [0.5, 0.6) is 0 Å². The van der Waals surface area contributed by atoms with Crippen molar-refractivity contribution in [2.75, 3.05) is 19.6 Å². The van der Waals surface area contributed by atoms with Crippen LogP contribution in [0.4, 0.5) is 0 Å². The summed E-state index contributed by atoms with van der Waals surface area (Å²) in [6, 6.07) is 16.2. The van der Waals surface area contributed by atoms with Crippen LogP contribution in [0, 0.1) is 6.92 Å². The minimum atomic E-state index is 0.0440. The lowest BCUT2D eigenvalue weighted by atomic mass is 9.99. The topological polar surface area (TPSA) is 73.9 Å². The number of hydrogen-bond acceptors (Lipinski definition) is 4. The first kappa shape index (κ1) is 18.4. The zero-order valence-corrected chi connectivity index (χ0v) is 16.3. The SMILES string of the molecule is CCc1ccc(C2CNCCN2C(=O)c2ccc(-c3n[nH]c(C)n3)cc2)cc1. The molecule has 28 heavy (non-hydrogen) atoms. The van der Waals surface area contributed by atoms with Crippen molar-refractivity contribution < 1.29 is 4.79 Å². The number of amides is 1. The van der Waals surface area contributed by atoms with Gasteiger partial charge in [0.25, 0.3) is 5.91 Å². The molecule has 2 heterocycles. The average Bonchev–Trinajstić information content (AvgIpc) is 3.20. The van der Waals surface area contributed by atoms with Gasteiger partial charge in [0.2, 0.25) is 0 Å². The number of aromatic nitrogens is 3. The number of H-pyrrole nitrogens is 1. The van der Waals surface area contributed by atoms with Crippen LogP contribution in [0.15, 0.2) is 48.5 Å². The minimum absolute atomic E-state index is 0.0440. The van der Waals surface area contributed by atoms with Crippen molar-refractivity contribution >= 4 is 5.91 Å². The van der Waals surface area contributed by atoms with E-state index in [-0.39, 0.29) is 11.9 Å². The van der Waals surface area contributed by atoms with E-state index in [0.29, 0.717) is 17.9 Å². The van der Waals surface area contributed by atoms with Gasteiger partial charge in [0.15, 0.2) is 5.82 Å². The van der Waals surface area contributed by atoms with Crippen LogP contribution >= 0.6 is 0 Å². The lowest BCUT2D eigenvalue weighted by Crippen LogP contribution is -2.48. The molecule has 1 aliphatic heterocycles. The molecule has 1 unspecified atom stereocenters. The number of aryl methyl sites for hydroxylation is 2. The first-order valence-electron chi connectivity index (χ1n) is 9.75. The molecule has 0 spiro atoms. The summed E-state index contributed by atoms with van der Waals surface area (Å²) >= 11 is 0. The number of nitrogens with one attached hydrogen (secondary N) is 2. The van der Waals surface area contributed by atoms with Gasteiger partial charge < -0.3 is 10.2 Å². The van der Waals surface area contributed by atoms with E-state index >= 15 is 0 Å². The Kier molecular flexibility index (Phi) is 5.21. The second-order valence-corrected chi connectivity index (χ2v) is 7.14. The molecule has 6 heteroatoms. The molecule has 0 radical (unpaired) electrons. The quantitative estimate of drug-likeness (QED) is 0.735. The summed E-state index contributed by atoms with van der Waals surface area (Å²) in [6.07, 6.45) is 1.02. The van der Waals surface area contributed by atoms with Crippen molar-refractivity contribution in [2.24, 2.45) is 0 Å². The maximum atomic E-state index is 13.2. The zero-order valence-electron chi connectivity index (χ0n) is 16.3. The molecule has 0 bridgehead atoms. The van der Waals surface area contributed by atoms with Gasteiger partial charge in [-0.05, 0) is 36.6 Å². The Morgan fingerprint density at radius 3 is 2.54 bits per heavy atom. The van der Waals surface area contributed by atoms with E-state index in [4.69, 9.17) is 0 Å². The number of aromatic amines is 1. The molecule has 0 saturated carbocycles. The highest BCUT2D eigenvalue weighted by Gasteiger charge is 2.28. The fourth-order valence-electron chi connectivity index (χ4n) is 3.62. The van der Waals surface area contributed by atoms with Gasteiger partial charge in [0.1, 0.15) is 5.82 Å². The second-order valence-electron chi connectivity index (χ2n) is 7.14. The molecule has 0 aliphatic carbocycles. The van der Waals surface area contributed by atoms with Crippen LogP contribution in [-0.4, -0.2) is 45.6 Å². The van der Waals surface area contributed by atoms with Crippen LogP contribution in [0.1, 0.15) is 40.3 Å². The molecule has 2 N–H and O–H groups in total. The molecular weight excluding hydrogens is 350 g/mol. The summed E-state index contributed by atoms with van der Waals surface area (Å²) in [5.74, 6) is 1.48. The van der Waals surface area contributed by atoms with Crippen LogP contribution in [0.3, 0.4) is 0 Å². The Morgan fingerprint density at radius 2 is 1.89 bits per heavy atom. The number of rotatable bonds is 4. The minimum Gasteiger partial charge on any atom is -0.329 e. The number of benzene rings is 2. The van der Waals surface area contributed by atoms with Crippen molar-refractivity contribution in [1.29, 1.82) is 0 Å². The molecule has 1 aromatic heterocycles.